The second-order valence-electron chi connectivity index (χ2n) is 6.58. The van der Waals surface area contributed by atoms with Crippen molar-refractivity contribution in [3.63, 3.8) is 0 Å². The number of rotatable bonds is 4. The van der Waals surface area contributed by atoms with E-state index in [1.54, 1.807) is 0 Å². The third-order valence-electron chi connectivity index (χ3n) is 3.85. The van der Waals surface area contributed by atoms with Crippen LogP contribution >= 0.6 is 0 Å². The van der Waals surface area contributed by atoms with Gasteiger partial charge < -0.3 is 15.7 Å². The average molecular weight is 270 g/mol. The summed E-state index contributed by atoms with van der Waals surface area (Å²) in [6, 6.07) is -1.37. The smallest absolute Gasteiger partial charge is 0.326 e. The number of nitrogens with two attached hydrogens (primary N) is 1. The van der Waals surface area contributed by atoms with E-state index in [0.717, 1.165) is 12.8 Å². The number of carboxylic acid groups (broad SMARTS) is 1. The first-order valence-corrected chi connectivity index (χ1v) is 6.97. The fourth-order valence-corrected chi connectivity index (χ4v) is 2.57. The molecule has 0 aromatic carbocycles. The molecule has 5 nitrogen and oxygen atoms in total. The van der Waals surface area contributed by atoms with Gasteiger partial charge in [0.25, 0.3) is 0 Å². The Morgan fingerprint density at radius 1 is 1.42 bits per heavy atom. The second kappa shape index (κ2) is 5.90. The van der Waals surface area contributed by atoms with Crippen molar-refractivity contribution in [1.29, 1.82) is 0 Å². The highest BCUT2D eigenvalue weighted by molar-refractivity contribution is 5.88. The van der Waals surface area contributed by atoms with Gasteiger partial charge >= 0.3 is 5.97 Å². The summed E-state index contributed by atoms with van der Waals surface area (Å²) in [6.45, 7) is 8.27. The molecule has 0 aromatic heterocycles. The van der Waals surface area contributed by atoms with Crippen LogP contribution < -0.4 is 5.73 Å². The van der Waals surface area contributed by atoms with Gasteiger partial charge in [-0.2, -0.15) is 0 Å². The van der Waals surface area contributed by atoms with Crippen molar-refractivity contribution in [3.8, 4) is 0 Å². The largest absolute Gasteiger partial charge is 0.480 e. The number of aliphatic carboxylic acids is 1. The number of carboxylic acids is 1. The van der Waals surface area contributed by atoms with E-state index < -0.39 is 18.1 Å². The normalized spacial score (nSPS) is 25.4. The minimum atomic E-state index is -0.923. The summed E-state index contributed by atoms with van der Waals surface area (Å²) in [5.74, 6) is -0.881. The van der Waals surface area contributed by atoms with Gasteiger partial charge in [-0.1, -0.05) is 34.1 Å². The van der Waals surface area contributed by atoms with Crippen molar-refractivity contribution in [2.75, 3.05) is 6.54 Å². The SMILES string of the molecule is CCC[C@H]1C[C@@H](C(=O)O)N(C(=O)[C@@H](N)C(C)(C)C)C1. The lowest BCUT2D eigenvalue weighted by atomic mass is 9.86. The molecule has 1 amide bonds. The van der Waals surface area contributed by atoms with Crippen LogP contribution in [-0.2, 0) is 9.59 Å². The predicted octanol–water partition coefficient (Wildman–Crippen LogP) is 1.46. The molecule has 0 aromatic rings. The Morgan fingerprint density at radius 2 is 2.00 bits per heavy atom. The number of amides is 1. The molecule has 1 rings (SSSR count). The van der Waals surface area contributed by atoms with E-state index in [9.17, 15) is 14.7 Å². The number of nitrogens with zero attached hydrogens (tertiary/aromatic N) is 1. The highest BCUT2D eigenvalue weighted by Gasteiger charge is 2.42. The van der Waals surface area contributed by atoms with Crippen molar-refractivity contribution < 1.29 is 14.7 Å². The van der Waals surface area contributed by atoms with Gasteiger partial charge in [-0.05, 0) is 24.2 Å². The van der Waals surface area contributed by atoms with Crippen LogP contribution in [0.25, 0.3) is 0 Å². The molecule has 0 saturated carbocycles. The second-order valence-corrected chi connectivity index (χ2v) is 6.58. The van der Waals surface area contributed by atoms with Crippen LogP contribution in [0.3, 0.4) is 0 Å². The molecule has 1 fully saturated rings. The Kier molecular flexibility index (Phi) is 4.96. The summed E-state index contributed by atoms with van der Waals surface area (Å²) in [5.41, 5.74) is 5.61. The molecule has 1 saturated heterocycles. The maximum atomic E-state index is 12.4. The van der Waals surface area contributed by atoms with Crippen molar-refractivity contribution in [1.82, 2.24) is 4.90 Å². The lowest BCUT2D eigenvalue weighted by Crippen LogP contribution is -2.53. The van der Waals surface area contributed by atoms with E-state index >= 15 is 0 Å². The van der Waals surface area contributed by atoms with Crippen molar-refractivity contribution in [2.45, 2.75) is 59.0 Å². The Balaban J connectivity index is 2.84. The number of hydrogen-bond donors (Lipinski definition) is 2. The molecular formula is C14H26N2O3. The first-order valence-electron chi connectivity index (χ1n) is 6.97. The molecule has 3 N–H and O–H groups in total. The molecule has 0 spiro atoms. The van der Waals surface area contributed by atoms with Gasteiger partial charge in [-0.3, -0.25) is 4.79 Å². The quantitative estimate of drug-likeness (QED) is 0.810. The van der Waals surface area contributed by atoms with E-state index in [-0.39, 0.29) is 17.2 Å². The standard InChI is InChI=1S/C14H26N2O3/c1-5-6-9-7-10(13(18)19)16(8-9)12(17)11(15)14(2,3)4/h9-11H,5-8,15H2,1-4H3,(H,18,19)/t9-,10-,11+/m0/s1. The molecule has 19 heavy (non-hydrogen) atoms. The summed E-state index contributed by atoms with van der Waals surface area (Å²) < 4.78 is 0. The van der Waals surface area contributed by atoms with Crippen LogP contribution in [0, 0.1) is 11.3 Å². The van der Waals surface area contributed by atoms with Crippen LogP contribution in [0.4, 0.5) is 0 Å². The minimum absolute atomic E-state index is 0.237. The summed E-state index contributed by atoms with van der Waals surface area (Å²) in [6.07, 6.45) is 2.51. The topological polar surface area (TPSA) is 83.6 Å². The minimum Gasteiger partial charge on any atom is -0.480 e. The van der Waals surface area contributed by atoms with Gasteiger partial charge in [-0.25, -0.2) is 4.79 Å². The number of carbonyl (C=O) groups excluding carboxylic acids is 1. The van der Waals surface area contributed by atoms with Crippen molar-refractivity contribution >= 4 is 11.9 Å². The molecule has 1 aliphatic heterocycles. The van der Waals surface area contributed by atoms with Gasteiger partial charge in [0.1, 0.15) is 6.04 Å². The summed E-state index contributed by atoms with van der Waals surface area (Å²) >= 11 is 0. The molecular weight excluding hydrogens is 244 g/mol. The van der Waals surface area contributed by atoms with Crippen LogP contribution in [-0.4, -0.2) is 40.5 Å². The Morgan fingerprint density at radius 3 is 2.42 bits per heavy atom. The maximum Gasteiger partial charge on any atom is 0.326 e. The zero-order valence-corrected chi connectivity index (χ0v) is 12.3. The molecule has 0 unspecified atom stereocenters. The van der Waals surface area contributed by atoms with E-state index in [0.29, 0.717) is 13.0 Å². The molecule has 0 aliphatic carbocycles. The average Bonchev–Trinajstić information content (AvgIpc) is 2.70. The van der Waals surface area contributed by atoms with Gasteiger partial charge in [0, 0.05) is 6.54 Å². The van der Waals surface area contributed by atoms with Crippen LogP contribution in [0.2, 0.25) is 0 Å². The first-order chi connectivity index (χ1) is 8.68. The highest BCUT2D eigenvalue weighted by Crippen LogP contribution is 2.29. The van der Waals surface area contributed by atoms with Gasteiger partial charge in [0.2, 0.25) is 5.91 Å². The van der Waals surface area contributed by atoms with E-state index in [1.807, 2.05) is 20.8 Å². The molecule has 0 radical (unpaired) electrons. The zero-order chi connectivity index (χ0) is 14.8. The highest BCUT2D eigenvalue weighted by atomic mass is 16.4. The first kappa shape index (κ1) is 16.0. The maximum absolute atomic E-state index is 12.4. The fraction of sp³-hybridized carbons (Fsp3) is 0.857. The van der Waals surface area contributed by atoms with Gasteiger partial charge in [-0.15, -0.1) is 0 Å². The van der Waals surface area contributed by atoms with Crippen LogP contribution in [0.15, 0.2) is 0 Å². The predicted molar refractivity (Wildman–Crippen MR) is 73.6 cm³/mol. The monoisotopic (exact) mass is 270 g/mol. The van der Waals surface area contributed by atoms with E-state index in [1.165, 1.54) is 4.90 Å². The lowest BCUT2D eigenvalue weighted by Gasteiger charge is -2.31. The summed E-state index contributed by atoms with van der Waals surface area (Å²) in [4.78, 5) is 25.2. The third-order valence-corrected chi connectivity index (χ3v) is 3.85. The molecule has 110 valence electrons. The summed E-state index contributed by atoms with van der Waals surface area (Å²) in [7, 11) is 0. The van der Waals surface area contributed by atoms with E-state index in [2.05, 4.69) is 6.92 Å². The molecule has 1 aliphatic rings. The van der Waals surface area contributed by atoms with Crippen molar-refractivity contribution in [2.24, 2.45) is 17.1 Å². The number of hydrogen-bond acceptors (Lipinski definition) is 3. The Bertz CT molecular complexity index is 349. The summed E-state index contributed by atoms with van der Waals surface area (Å²) in [5, 5.41) is 9.27. The zero-order valence-electron chi connectivity index (χ0n) is 12.3. The fourth-order valence-electron chi connectivity index (χ4n) is 2.57. The lowest BCUT2D eigenvalue weighted by molar-refractivity contribution is -0.149. The Hall–Kier alpha value is -1.10. The van der Waals surface area contributed by atoms with Gasteiger partial charge in [0.15, 0.2) is 0 Å². The van der Waals surface area contributed by atoms with Gasteiger partial charge in [0.05, 0.1) is 6.04 Å². The molecule has 1 heterocycles. The number of likely N-dealkylation sites (tertiary alicyclic amines) is 1. The Labute approximate surface area is 115 Å². The number of carbonyl (C=O) groups is 2. The van der Waals surface area contributed by atoms with Crippen LogP contribution in [0.1, 0.15) is 47.0 Å². The molecule has 0 bridgehead atoms. The third kappa shape index (κ3) is 3.69. The van der Waals surface area contributed by atoms with E-state index in [4.69, 9.17) is 5.73 Å². The molecule has 5 heteroatoms. The molecule has 3 atom stereocenters. The van der Waals surface area contributed by atoms with Crippen molar-refractivity contribution in [3.05, 3.63) is 0 Å². The van der Waals surface area contributed by atoms with Crippen LogP contribution in [0.5, 0.6) is 0 Å².